The van der Waals surface area contributed by atoms with Gasteiger partial charge in [0.2, 0.25) is 5.91 Å². The first-order valence-electron chi connectivity index (χ1n) is 11.4. The maximum atomic E-state index is 14.5. The van der Waals surface area contributed by atoms with Crippen molar-refractivity contribution in [1.29, 1.82) is 5.26 Å². The van der Waals surface area contributed by atoms with Crippen LogP contribution in [0.2, 0.25) is 0 Å². The van der Waals surface area contributed by atoms with Crippen LogP contribution in [0, 0.1) is 18.3 Å². The van der Waals surface area contributed by atoms with Crippen LogP contribution >= 0.6 is 0 Å². The van der Waals surface area contributed by atoms with Crippen LogP contribution in [0.4, 0.5) is 11.5 Å². The van der Waals surface area contributed by atoms with Gasteiger partial charge in [-0.05, 0) is 30.7 Å². The van der Waals surface area contributed by atoms with Crippen molar-refractivity contribution >= 4 is 17.4 Å². The SMILES string of the molecule is Cc1nn(-c2ccccc2)c2c1C1(C(=O)N(Cc3ccccc3)c3ccccc31)C(C#N)=C(N)N2. The number of hydrogen-bond donors (Lipinski definition) is 2. The monoisotopic (exact) mass is 458 g/mol. The van der Waals surface area contributed by atoms with E-state index in [1.165, 1.54) is 0 Å². The van der Waals surface area contributed by atoms with Gasteiger partial charge in [0.1, 0.15) is 23.1 Å². The molecule has 1 spiro atoms. The first-order chi connectivity index (χ1) is 17.1. The average molecular weight is 459 g/mol. The Morgan fingerprint density at radius 1 is 1.00 bits per heavy atom. The number of aryl methyl sites for hydroxylation is 1. The number of fused-ring (bicyclic) bond motifs is 4. The molecule has 2 aliphatic rings. The first kappa shape index (κ1) is 20.8. The lowest BCUT2D eigenvalue weighted by molar-refractivity contribution is -0.120. The van der Waals surface area contributed by atoms with Gasteiger partial charge < -0.3 is 16.0 Å². The highest BCUT2D eigenvalue weighted by Gasteiger charge is 2.60. The highest BCUT2D eigenvalue weighted by atomic mass is 16.2. The van der Waals surface area contributed by atoms with E-state index < -0.39 is 5.41 Å². The average Bonchev–Trinajstić information content (AvgIpc) is 3.34. The number of amides is 1. The van der Waals surface area contributed by atoms with Gasteiger partial charge >= 0.3 is 0 Å². The number of para-hydroxylation sites is 2. The van der Waals surface area contributed by atoms with Crippen molar-refractivity contribution in [1.82, 2.24) is 9.78 Å². The summed E-state index contributed by atoms with van der Waals surface area (Å²) in [5.41, 5.74) is 9.90. The molecule has 1 amide bonds. The molecule has 0 saturated heterocycles. The third kappa shape index (κ3) is 2.77. The van der Waals surface area contributed by atoms with E-state index in [9.17, 15) is 10.1 Å². The molecule has 0 saturated carbocycles. The topological polar surface area (TPSA) is 100.0 Å². The molecule has 3 heterocycles. The van der Waals surface area contributed by atoms with E-state index in [-0.39, 0.29) is 17.3 Å². The molecular formula is C28H22N6O. The molecule has 4 aromatic rings. The molecule has 1 aromatic heterocycles. The Kier molecular flexibility index (Phi) is 4.51. The number of nitrogens with two attached hydrogens (primary N) is 1. The van der Waals surface area contributed by atoms with E-state index in [0.717, 1.165) is 22.5 Å². The van der Waals surface area contributed by atoms with Crippen LogP contribution in [0.1, 0.15) is 22.4 Å². The number of aromatic nitrogens is 2. The molecule has 7 nitrogen and oxygen atoms in total. The van der Waals surface area contributed by atoms with Gasteiger partial charge in [-0.2, -0.15) is 10.4 Å². The van der Waals surface area contributed by atoms with Gasteiger partial charge in [0.15, 0.2) is 0 Å². The second-order valence-corrected chi connectivity index (χ2v) is 8.73. The van der Waals surface area contributed by atoms with Crippen molar-refractivity contribution in [3.63, 3.8) is 0 Å². The zero-order valence-corrected chi connectivity index (χ0v) is 19.1. The molecule has 0 fully saturated rings. The molecule has 170 valence electrons. The van der Waals surface area contributed by atoms with Crippen molar-refractivity contribution in [2.75, 3.05) is 10.2 Å². The van der Waals surface area contributed by atoms with Crippen LogP contribution in [0.5, 0.6) is 0 Å². The van der Waals surface area contributed by atoms with Crippen molar-refractivity contribution in [3.8, 4) is 11.8 Å². The maximum absolute atomic E-state index is 14.5. The third-order valence-corrected chi connectivity index (χ3v) is 6.79. The summed E-state index contributed by atoms with van der Waals surface area (Å²) in [6, 6.07) is 29.4. The number of hydrogen-bond acceptors (Lipinski definition) is 5. The van der Waals surface area contributed by atoms with E-state index in [0.29, 0.717) is 23.6 Å². The minimum Gasteiger partial charge on any atom is -0.384 e. The second kappa shape index (κ2) is 7.61. The minimum absolute atomic E-state index is 0.154. The molecule has 6 rings (SSSR count). The Bertz CT molecular complexity index is 1550. The molecule has 0 aliphatic carbocycles. The third-order valence-electron chi connectivity index (χ3n) is 6.79. The van der Waals surface area contributed by atoms with Crippen molar-refractivity contribution in [2.45, 2.75) is 18.9 Å². The summed E-state index contributed by atoms with van der Waals surface area (Å²) >= 11 is 0. The van der Waals surface area contributed by atoms with Crippen molar-refractivity contribution in [2.24, 2.45) is 5.73 Å². The number of nitrogens with one attached hydrogen (secondary N) is 1. The summed E-state index contributed by atoms with van der Waals surface area (Å²) < 4.78 is 1.75. The van der Waals surface area contributed by atoms with E-state index in [1.54, 1.807) is 9.58 Å². The highest BCUT2D eigenvalue weighted by molar-refractivity contribution is 6.15. The van der Waals surface area contributed by atoms with E-state index in [1.807, 2.05) is 91.9 Å². The Balaban J connectivity index is 1.64. The number of carbonyl (C=O) groups excluding carboxylic acids is 1. The van der Waals surface area contributed by atoms with Gasteiger partial charge in [-0.15, -0.1) is 0 Å². The minimum atomic E-state index is -1.39. The van der Waals surface area contributed by atoms with Gasteiger partial charge in [-0.25, -0.2) is 4.68 Å². The van der Waals surface area contributed by atoms with Gasteiger partial charge in [0.05, 0.1) is 23.5 Å². The number of nitriles is 1. The predicted octanol–water partition coefficient (Wildman–Crippen LogP) is 4.13. The van der Waals surface area contributed by atoms with Gasteiger partial charge in [-0.3, -0.25) is 4.79 Å². The number of anilines is 2. The molecule has 2 aliphatic heterocycles. The quantitative estimate of drug-likeness (QED) is 0.481. The van der Waals surface area contributed by atoms with Gasteiger partial charge in [0, 0.05) is 16.8 Å². The maximum Gasteiger partial charge on any atom is 0.248 e. The Morgan fingerprint density at radius 2 is 1.66 bits per heavy atom. The lowest BCUT2D eigenvalue weighted by Gasteiger charge is -2.34. The lowest BCUT2D eigenvalue weighted by Crippen LogP contribution is -2.46. The lowest BCUT2D eigenvalue weighted by atomic mass is 9.68. The summed E-state index contributed by atoms with van der Waals surface area (Å²) in [4.78, 5) is 16.3. The van der Waals surface area contributed by atoms with Gasteiger partial charge in [0.25, 0.3) is 0 Å². The molecule has 35 heavy (non-hydrogen) atoms. The predicted molar refractivity (Wildman–Crippen MR) is 134 cm³/mol. The highest BCUT2D eigenvalue weighted by Crippen LogP contribution is 2.55. The zero-order valence-electron chi connectivity index (χ0n) is 19.1. The molecule has 3 N–H and O–H groups in total. The number of carbonyl (C=O) groups is 1. The number of rotatable bonds is 3. The fraction of sp³-hybridized carbons (Fsp3) is 0.107. The fourth-order valence-corrected chi connectivity index (χ4v) is 5.37. The number of nitrogens with zero attached hydrogens (tertiary/aromatic N) is 4. The second-order valence-electron chi connectivity index (χ2n) is 8.73. The van der Waals surface area contributed by atoms with Crippen molar-refractivity contribution < 1.29 is 4.79 Å². The zero-order chi connectivity index (χ0) is 24.2. The van der Waals surface area contributed by atoms with Crippen LogP contribution in [-0.2, 0) is 16.8 Å². The summed E-state index contributed by atoms with van der Waals surface area (Å²) in [6.07, 6.45) is 0. The molecule has 0 radical (unpaired) electrons. The van der Waals surface area contributed by atoms with Gasteiger partial charge in [-0.1, -0.05) is 66.7 Å². The molecule has 0 bridgehead atoms. The van der Waals surface area contributed by atoms with E-state index >= 15 is 0 Å². The largest absolute Gasteiger partial charge is 0.384 e. The number of benzene rings is 3. The Labute approximate surface area is 202 Å². The molecular weight excluding hydrogens is 436 g/mol. The van der Waals surface area contributed by atoms with Crippen LogP contribution < -0.4 is 16.0 Å². The molecule has 1 atom stereocenters. The van der Waals surface area contributed by atoms with Crippen molar-refractivity contribution in [3.05, 3.63) is 119 Å². The van der Waals surface area contributed by atoms with Crippen LogP contribution in [0.3, 0.4) is 0 Å². The van der Waals surface area contributed by atoms with Crippen LogP contribution in [-0.4, -0.2) is 15.7 Å². The smallest absolute Gasteiger partial charge is 0.248 e. The summed E-state index contributed by atoms with van der Waals surface area (Å²) in [7, 11) is 0. The summed E-state index contributed by atoms with van der Waals surface area (Å²) in [6.45, 7) is 2.25. The normalized spacial score (nSPS) is 18.3. The molecule has 3 aromatic carbocycles. The van der Waals surface area contributed by atoms with Crippen LogP contribution in [0.15, 0.2) is 96.3 Å². The Hall–Kier alpha value is -4.83. The summed E-state index contributed by atoms with van der Waals surface area (Å²) in [5, 5.41) is 18.3. The van der Waals surface area contributed by atoms with Crippen LogP contribution in [0.25, 0.3) is 5.69 Å². The fourth-order valence-electron chi connectivity index (χ4n) is 5.37. The Morgan fingerprint density at radius 3 is 2.37 bits per heavy atom. The standard InChI is InChI=1S/C28H22N6O/c1-18-24-26(34(32-18)20-12-6-3-7-13-20)31-25(30)22(16-29)28(24)21-14-8-9-15-23(21)33(27(28)35)17-19-10-4-2-5-11-19/h2-15,31H,17,30H2,1H3. The van der Waals surface area contributed by atoms with E-state index in [2.05, 4.69) is 11.4 Å². The van der Waals surface area contributed by atoms with E-state index in [4.69, 9.17) is 10.8 Å². The molecule has 7 heteroatoms. The summed E-state index contributed by atoms with van der Waals surface area (Å²) in [5.74, 6) is 0.539. The molecule has 1 unspecified atom stereocenters. The first-order valence-corrected chi connectivity index (χ1v) is 11.4.